The molecule has 1 amide bonds. The van der Waals surface area contributed by atoms with Crippen LogP contribution in [0.3, 0.4) is 0 Å². The second-order valence-electron chi connectivity index (χ2n) is 6.88. The van der Waals surface area contributed by atoms with Crippen molar-refractivity contribution in [3.05, 3.63) is 108 Å². The smallest absolute Gasteiger partial charge is 0.233 e. The second kappa shape index (κ2) is 11.8. The summed E-state index contributed by atoms with van der Waals surface area (Å²) < 4.78 is -0.320. The zero-order valence-electron chi connectivity index (χ0n) is 17.0. The van der Waals surface area contributed by atoms with Gasteiger partial charge in [0.25, 0.3) is 0 Å². The van der Waals surface area contributed by atoms with E-state index < -0.39 is 0 Å². The van der Waals surface area contributed by atoms with E-state index in [-0.39, 0.29) is 10.7 Å². The van der Waals surface area contributed by atoms with Crippen LogP contribution in [0.25, 0.3) is 0 Å². The van der Waals surface area contributed by atoms with Crippen LogP contribution in [0.5, 0.6) is 0 Å². The van der Waals surface area contributed by atoms with Gasteiger partial charge in [-0.3, -0.25) is 4.79 Å². The molecule has 3 aromatic rings. The maximum Gasteiger partial charge on any atom is 0.233 e. The van der Waals surface area contributed by atoms with Crippen LogP contribution in [0, 0.1) is 0 Å². The Hall–Kier alpha value is -2.21. The molecule has 0 atom stereocenters. The first kappa shape index (κ1) is 22.5. The minimum absolute atomic E-state index is 0.00879. The van der Waals surface area contributed by atoms with Crippen molar-refractivity contribution in [2.24, 2.45) is 0 Å². The monoisotopic (exact) mass is 436 g/mol. The molecule has 3 rings (SSSR count). The lowest BCUT2D eigenvalue weighted by Gasteiger charge is -2.35. The summed E-state index contributed by atoms with van der Waals surface area (Å²) in [6, 6.07) is 32.0. The third kappa shape index (κ3) is 5.69. The number of carbonyl (C=O) groups excluding carboxylic acids is 1. The third-order valence-corrected chi connectivity index (χ3v) is 6.63. The van der Waals surface area contributed by atoms with Gasteiger partial charge in [0.2, 0.25) is 5.91 Å². The summed E-state index contributed by atoms with van der Waals surface area (Å²) in [4.78, 5) is 11.8. The molecule has 0 saturated carbocycles. The molecule has 0 aliphatic carbocycles. The van der Waals surface area contributed by atoms with E-state index in [9.17, 15) is 4.79 Å². The first-order valence-electron chi connectivity index (χ1n) is 10.2. The Kier molecular flexibility index (Phi) is 8.87. The molecule has 0 heterocycles. The summed E-state index contributed by atoms with van der Waals surface area (Å²) >= 11 is 6.01. The van der Waals surface area contributed by atoms with E-state index in [4.69, 9.17) is 0 Å². The van der Waals surface area contributed by atoms with Crippen molar-refractivity contribution in [1.82, 2.24) is 10.6 Å². The summed E-state index contributed by atoms with van der Waals surface area (Å²) in [6.45, 7) is 1.66. The van der Waals surface area contributed by atoms with Gasteiger partial charge in [0.1, 0.15) is 0 Å². The van der Waals surface area contributed by atoms with Gasteiger partial charge < -0.3 is 10.6 Å². The Bertz CT molecular complexity index is 792. The highest BCUT2D eigenvalue weighted by atomic mass is 32.2. The molecule has 30 heavy (non-hydrogen) atoms. The average Bonchev–Trinajstić information content (AvgIpc) is 2.82. The number of thiol groups is 1. The summed E-state index contributed by atoms with van der Waals surface area (Å²) in [7, 11) is 0. The lowest BCUT2D eigenvalue weighted by Crippen LogP contribution is -2.36. The van der Waals surface area contributed by atoms with E-state index in [2.05, 4.69) is 114 Å². The van der Waals surface area contributed by atoms with Crippen molar-refractivity contribution in [2.45, 2.75) is 4.75 Å². The maximum absolute atomic E-state index is 11.8. The topological polar surface area (TPSA) is 41.1 Å². The van der Waals surface area contributed by atoms with Crippen molar-refractivity contribution in [3.63, 3.8) is 0 Å². The predicted molar refractivity (Wildman–Crippen MR) is 131 cm³/mol. The van der Waals surface area contributed by atoms with Gasteiger partial charge in [0.15, 0.2) is 0 Å². The van der Waals surface area contributed by atoms with Crippen molar-refractivity contribution in [1.29, 1.82) is 0 Å². The summed E-state index contributed by atoms with van der Waals surface area (Å²) in [5.74, 6) is 1.52. The molecule has 0 radical (unpaired) electrons. The SMILES string of the molecule is O=C(CNCCSC(c1ccccc1)(c1ccccc1)c1ccccc1)NCCS. The Balaban J connectivity index is 1.84. The van der Waals surface area contributed by atoms with Crippen LogP contribution in [-0.4, -0.2) is 37.0 Å². The van der Waals surface area contributed by atoms with Crippen molar-refractivity contribution in [3.8, 4) is 0 Å². The molecule has 2 N–H and O–H groups in total. The standard InChI is InChI=1S/C25H28N2OS2/c28-24(27-16-18-29)20-26-17-19-30-25(21-10-4-1-5-11-21,22-12-6-2-7-13-22)23-14-8-3-9-15-23/h1-15,26,29H,16-20H2,(H,27,28). The van der Waals surface area contributed by atoms with E-state index in [0.717, 1.165) is 12.3 Å². The average molecular weight is 437 g/mol. The molecule has 0 aromatic heterocycles. The number of amides is 1. The normalized spacial score (nSPS) is 11.2. The Morgan fingerprint density at radius 2 is 1.23 bits per heavy atom. The minimum atomic E-state index is -0.320. The fourth-order valence-electron chi connectivity index (χ4n) is 3.50. The maximum atomic E-state index is 11.8. The Morgan fingerprint density at radius 1 is 0.767 bits per heavy atom. The number of hydrogen-bond acceptors (Lipinski definition) is 4. The number of hydrogen-bond donors (Lipinski definition) is 3. The molecule has 0 bridgehead atoms. The number of rotatable bonds is 11. The fourth-order valence-corrected chi connectivity index (χ4v) is 5.08. The van der Waals surface area contributed by atoms with Crippen LogP contribution in [0.15, 0.2) is 91.0 Å². The van der Waals surface area contributed by atoms with Crippen molar-refractivity contribution in [2.75, 3.05) is 31.1 Å². The van der Waals surface area contributed by atoms with E-state index in [1.807, 2.05) is 11.8 Å². The van der Waals surface area contributed by atoms with Gasteiger partial charge >= 0.3 is 0 Å². The molecule has 0 aliphatic heterocycles. The van der Waals surface area contributed by atoms with Crippen molar-refractivity contribution < 1.29 is 4.79 Å². The van der Waals surface area contributed by atoms with Crippen LogP contribution < -0.4 is 10.6 Å². The van der Waals surface area contributed by atoms with Gasteiger partial charge in [0, 0.05) is 24.6 Å². The lowest BCUT2D eigenvalue weighted by atomic mass is 9.84. The summed E-state index contributed by atoms with van der Waals surface area (Å²) in [5, 5.41) is 6.10. The quantitative estimate of drug-likeness (QED) is 0.238. The van der Waals surface area contributed by atoms with Crippen LogP contribution in [0.1, 0.15) is 16.7 Å². The second-order valence-corrected chi connectivity index (χ2v) is 8.63. The van der Waals surface area contributed by atoms with Gasteiger partial charge in [-0.15, -0.1) is 11.8 Å². The number of thioether (sulfide) groups is 1. The first-order valence-corrected chi connectivity index (χ1v) is 11.8. The van der Waals surface area contributed by atoms with Gasteiger partial charge in [-0.05, 0) is 16.7 Å². The lowest BCUT2D eigenvalue weighted by molar-refractivity contribution is -0.120. The molecular formula is C25H28N2OS2. The van der Waals surface area contributed by atoms with Crippen LogP contribution in [0.2, 0.25) is 0 Å². The largest absolute Gasteiger partial charge is 0.354 e. The van der Waals surface area contributed by atoms with E-state index >= 15 is 0 Å². The Morgan fingerprint density at radius 3 is 1.67 bits per heavy atom. The molecule has 5 heteroatoms. The molecule has 3 nitrogen and oxygen atoms in total. The van der Waals surface area contributed by atoms with E-state index in [0.29, 0.717) is 18.8 Å². The van der Waals surface area contributed by atoms with Gasteiger partial charge in [0.05, 0.1) is 11.3 Å². The molecule has 156 valence electrons. The number of carbonyl (C=O) groups is 1. The molecule has 3 aromatic carbocycles. The molecule has 0 spiro atoms. The van der Waals surface area contributed by atoms with Gasteiger partial charge in [-0.2, -0.15) is 12.6 Å². The number of nitrogens with one attached hydrogen (secondary N) is 2. The molecule has 0 unspecified atom stereocenters. The fraction of sp³-hybridized carbons (Fsp3) is 0.240. The van der Waals surface area contributed by atoms with E-state index in [1.54, 1.807) is 0 Å². The highest BCUT2D eigenvalue weighted by Gasteiger charge is 2.36. The summed E-state index contributed by atoms with van der Waals surface area (Å²) in [6.07, 6.45) is 0. The first-order chi connectivity index (χ1) is 14.8. The Labute approximate surface area is 189 Å². The highest BCUT2D eigenvalue weighted by Crippen LogP contribution is 2.48. The van der Waals surface area contributed by atoms with Crippen LogP contribution in [0.4, 0.5) is 0 Å². The molecule has 0 aliphatic rings. The van der Waals surface area contributed by atoms with Crippen LogP contribution in [-0.2, 0) is 9.54 Å². The molecular weight excluding hydrogens is 408 g/mol. The van der Waals surface area contributed by atoms with Crippen LogP contribution >= 0.6 is 24.4 Å². The number of benzene rings is 3. The third-order valence-electron chi connectivity index (χ3n) is 4.86. The zero-order valence-corrected chi connectivity index (χ0v) is 18.7. The molecule has 0 saturated heterocycles. The minimum Gasteiger partial charge on any atom is -0.354 e. The van der Waals surface area contributed by atoms with Crippen molar-refractivity contribution >= 4 is 30.3 Å². The van der Waals surface area contributed by atoms with Gasteiger partial charge in [-0.25, -0.2) is 0 Å². The molecule has 0 fully saturated rings. The highest BCUT2D eigenvalue weighted by molar-refractivity contribution is 8.00. The van der Waals surface area contributed by atoms with Gasteiger partial charge in [-0.1, -0.05) is 91.0 Å². The summed E-state index contributed by atoms with van der Waals surface area (Å²) in [5.41, 5.74) is 3.75. The van der Waals surface area contributed by atoms with E-state index in [1.165, 1.54) is 16.7 Å². The predicted octanol–water partition coefficient (Wildman–Crippen LogP) is 4.35. The zero-order chi connectivity index (χ0) is 21.1.